The first-order valence-electron chi connectivity index (χ1n) is 6.21. The van der Waals surface area contributed by atoms with Crippen LogP contribution in [0.4, 0.5) is 0 Å². The third kappa shape index (κ3) is 5.80. The standard InChI is InChI=1S/C12H27NO3/c1-4-12(5-2,10-14)9-13-7-11(15)8-16-6-3/h11,13-15H,4-10H2,1-3H3. The highest BCUT2D eigenvalue weighted by atomic mass is 16.5. The van der Waals surface area contributed by atoms with Crippen LogP contribution in [0.2, 0.25) is 0 Å². The molecule has 1 atom stereocenters. The molecule has 0 aliphatic rings. The lowest BCUT2D eigenvalue weighted by molar-refractivity contribution is 0.0385. The molecule has 0 rings (SSSR count). The second-order valence-corrected chi connectivity index (χ2v) is 4.31. The summed E-state index contributed by atoms with van der Waals surface area (Å²) in [4.78, 5) is 0. The van der Waals surface area contributed by atoms with Gasteiger partial charge in [-0.25, -0.2) is 0 Å². The molecule has 16 heavy (non-hydrogen) atoms. The molecule has 0 aliphatic carbocycles. The van der Waals surface area contributed by atoms with Gasteiger partial charge in [0, 0.05) is 31.7 Å². The molecular weight excluding hydrogens is 206 g/mol. The maximum absolute atomic E-state index is 9.55. The molecular formula is C12H27NO3. The second kappa shape index (κ2) is 8.93. The lowest BCUT2D eigenvalue weighted by Gasteiger charge is -2.30. The summed E-state index contributed by atoms with van der Waals surface area (Å²) in [5.74, 6) is 0. The Labute approximate surface area is 99.0 Å². The summed E-state index contributed by atoms with van der Waals surface area (Å²) in [6.45, 7) is 8.51. The van der Waals surface area contributed by atoms with Crippen LogP contribution in [0.25, 0.3) is 0 Å². The Kier molecular flexibility index (Phi) is 8.84. The normalized spacial score (nSPS) is 14.1. The van der Waals surface area contributed by atoms with Crippen LogP contribution in [0, 0.1) is 5.41 Å². The van der Waals surface area contributed by atoms with Crippen LogP contribution in [0.1, 0.15) is 33.6 Å². The molecule has 0 amide bonds. The lowest BCUT2D eigenvalue weighted by atomic mass is 9.83. The molecule has 4 heteroatoms. The predicted octanol–water partition coefficient (Wildman–Crippen LogP) is 0.772. The molecule has 0 saturated carbocycles. The largest absolute Gasteiger partial charge is 0.396 e. The molecule has 0 aromatic heterocycles. The Morgan fingerprint density at radius 2 is 1.88 bits per heavy atom. The molecule has 0 fully saturated rings. The van der Waals surface area contributed by atoms with E-state index < -0.39 is 6.10 Å². The van der Waals surface area contributed by atoms with Gasteiger partial charge in [0.15, 0.2) is 0 Å². The van der Waals surface area contributed by atoms with Crippen molar-refractivity contribution in [3.63, 3.8) is 0 Å². The SMILES string of the molecule is CCOCC(O)CNCC(CC)(CC)CO. The fourth-order valence-corrected chi connectivity index (χ4v) is 1.60. The van der Waals surface area contributed by atoms with Crippen LogP contribution in [-0.4, -0.2) is 49.2 Å². The van der Waals surface area contributed by atoms with Crippen LogP contribution in [0.3, 0.4) is 0 Å². The Morgan fingerprint density at radius 3 is 2.31 bits per heavy atom. The van der Waals surface area contributed by atoms with E-state index in [0.29, 0.717) is 19.8 Å². The maximum atomic E-state index is 9.55. The van der Waals surface area contributed by atoms with Gasteiger partial charge < -0.3 is 20.3 Å². The van der Waals surface area contributed by atoms with Crippen molar-refractivity contribution in [1.29, 1.82) is 0 Å². The van der Waals surface area contributed by atoms with Crippen LogP contribution in [0.15, 0.2) is 0 Å². The third-order valence-corrected chi connectivity index (χ3v) is 3.23. The summed E-state index contributed by atoms with van der Waals surface area (Å²) in [5.41, 5.74) is -0.0503. The molecule has 0 saturated heterocycles. The quantitative estimate of drug-likeness (QED) is 0.521. The third-order valence-electron chi connectivity index (χ3n) is 3.23. The Balaban J connectivity index is 3.77. The highest BCUT2D eigenvalue weighted by Crippen LogP contribution is 2.24. The van der Waals surface area contributed by atoms with Crippen molar-refractivity contribution < 1.29 is 14.9 Å². The van der Waals surface area contributed by atoms with E-state index in [0.717, 1.165) is 19.4 Å². The van der Waals surface area contributed by atoms with Gasteiger partial charge >= 0.3 is 0 Å². The van der Waals surface area contributed by atoms with Gasteiger partial charge in [0.05, 0.1) is 12.7 Å². The first-order valence-corrected chi connectivity index (χ1v) is 6.21. The molecule has 3 N–H and O–H groups in total. The minimum atomic E-state index is -0.468. The van der Waals surface area contributed by atoms with Gasteiger partial charge in [-0.1, -0.05) is 13.8 Å². The van der Waals surface area contributed by atoms with E-state index in [1.165, 1.54) is 0 Å². The van der Waals surface area contributed by atoms with Gasteiger partial charge in [-0.15, -0.1) is 0 Å². The molecule has 0 heterocycles. The van der Waals surface area contributed by atoms with E-state index in [1.54, 1.807) is 0 Å². The fourth-order valence-electron chi connectivity index (χ4n) is 1.60. The van der Waals surface area contributed by atoms with Crippen LogP contribution in [0.5, 0.6) is 0 Å². The predicted molar refractivity (Wildman–Crippen MR) is 65.5 cm³/mol. The van der Waals surface area contributed by atoms with Gasteiger partial charge in [0.25, 0.3) is 0 Å². The van der Waals surface area contributed by atoms with E-state index in [-0.39, 0.29) is 12.0 Å². The van der Waals surface area contributed by atoms with Crippen molar-refractivity contribution in [1.82, 2.24) is 5.32 Å². The van der Waals surface area contributed by atoms with E-state index in [2.05, 4.69) is 19.2 Å². The van der Waals surface area contributed by atoms with Crippen molar-refractivity contribution in [3.8, 4) is 0 Å². The molecule has 0 bridgehead atoms. The molecule has 1 unspecified atom stereocenters. The number of aliphatic hydroxyl groups excluding tert-OH is 2. The zero-order valence-corrected chi connectivity index (χ0v) is 10.8. The topological polar surface area (TPSA) is 61.7 Å². The Morgan fingerprint density at radius 1 is 1.25 bits per heavy atom. The molecule has 4 nitrogen and oxygen atoms in total. The van der Waals surface area contributed by atoms with E-state index in [4.69, 9.17) is 4.74 Å². The number of hydrogen-bond acceptors (Lipinski definition) is 4. The molecule has 0 spiro atoms. The van der Waals surface area contributed by atoms with Crippen LogP contribution < -0.4 is 5.32 Å². The highest BCUT2D eigenvalue weighted by Gasteiger charge is 2.24. The van der Waals surface area contributed by atoms with E-state index in [1.807, 2.05) is 6.92 Å². The molecule has 0 radical (unpaired) electrons. The van der Waals surface area contributed by atoms with Gasteiger partial charge in [-0.2, -0.15) is 0 Å². The summed E-state index contributed by atoms with van der Waals surface area (Å²) < 4.78 is 5.12. The average Bonchev–Trinajstić information content (AvgIpc) is 2.33. The number of aliphatic hydroxyl groups is 2. The van der Waals surface area contributed by atoms with Crippen LogP contribution >= 0.6 is 0 Å². The Hall–Kier alpha value is -0.160. The number of nitrogens with one attached hydrogen (secondary N) is 1. The van der Waals surface area contributed by atoms with Crippen molar-refractivity contribution in [2.45, 2.75) is 39.7 Å². The average molecular weight is 233 g/mol. The van der Waals surface area contributed by atoms with Gasteiger partial charge in [-0.3, -0.25) is 0 Å². The highest BCUT2D eigenvalue weighted by molar-refractivity contribution is 4.78. The number of rotatable bonds is 10. The van der Waals surface area contributed by atoms with Crippen molar-refractivity contribution in [3.05, 3.63) is 0 Å². The van der Waals surface area contributed by atoms with Crippen LogP contribution in [-0.2, 0) is 4.74 Å². The van der Waals surface area contributed by atoms with E-state index in [9.17, 15) is 10.2 Å². The van der Waals surface area contributed by atoms with Crippen molar-refractivity contribution >= 4 is 0 Å². The minimum Gasteiger partial charge on any atom is -0.396 e. The smallest absolute Gasteiger partial charge is 0.0897 e. The summed E-state index contributed by atoms with van der Waals surface area (Å²) in [6, 6.07) is 0. The minimum absolute atomic E-state index is 0.0503. The number of ether oxygens (including phenoxy) is 1. The van der Waals surface area contributed by atoms with Crippen molar-refractivity contribution in [2.24, 2.45) is 5.41 Å². The van der Waals surface area contributed by atoms with Crippen molar-refractivity contribution in [2.75, 3.05) is 32.9 Å². The molecule has 0 aromatic carbocycles. The fraction of sp³-hybridized carbons (Fsp3) is 1.00. The zero-order chi connectivity index (χ0) is 12.4. The monoisotopic (exact) mass is 233 g/mol. The summed E-state index contributed by atoms with van der Waals surface area (Å²) >= 11 is 0. The first-order chi connectivity index (χ1) is 7.64. The second-order valence-electron chi connectivity index (χ2n) is 4.31. The summed E-state index contributed by atoms with van der Waals surface area (Å²) in [7, 11) is 0. The zero-order valence-electron chi connectivity index (χ0n) is 10.8. The Bertz CT molecular complexity index is 152. The summed E-state index contributed by atoms with van der Waals surface area (Å²) in [5, 5.41) is 22.1. The van der Waals surface area contributed by atoms with E-state index >= 15 is 0 Å². The maximum Gasteiger partial charge on any atom is 0.0897 e. The first kappa shape index (κ1) is 15.8. The molecule has 0 aliphatic heterocycles. The van der Waals surface area contributed by atoms with Gasteiger partial charge in [0.1, 0.15) is 0 Å². The lowest BCUT2D eigenvalue weighted by Crippen LogP contribution is -2.40. The summed E-state index contributed by atoms with van der Waals surface area (Å²) in [6.07, 6.45) is 1.41. The molecule has 0 aromatic rings. The van der Waals surface area contributed by atoms with Gasteiger partial charge in [0.2, 0.25) is 0 Å². The number of hydrogen-bond donors (Lipinski definition) is 3. The van der Waals surface area contributed by atoms with Gasteiger partial charge in [-0.05, 0) is 19.8 Å². The molecule has 98 valence electrons.